The minimum atomic E-state index is -0.324. The van der Waals surface area contributed by atoms with Crippen LogP contribution in [-0.4, -0.2) is 42.4 Å². The number of carbonyl (C=O) groups excluding carboxylic acids is 2. The monoisotopic (exact) mass is 255 g/mol. The summed E-state index contributed by atoms with van der Waals surface area (Å²) in [5, 5.41) is 2.96. The Morgan fingerprint density at radius 3 is 2.28 bits per heavy atom. The van der Waals surface area contributed by atoms with E-state index in [0.29, 0.717) is 13.0 Å². The zero-order valence-corrected chi connectivity index (χ0v) is 11.7. The van der Waals surface area contributed by atoms with E-state index in [1.807, 2.05) is 25.7 Å². The van der Waals surface area contributed by atoms with Crippen LogP contribution in [0.5, 0.6) is 0 Å². The van der Waals surface area contributed by atoms with Crippen molar-refractivity contribution in [3.8, 4) is 0 Å². The van der Waals surface area contributed by atoms with E-state index < -0.39 is 0 Å². The van der Waals surface area contributed by atoms with Crippen LogP contribution in [-0.2, 0) is 9.59 Å². The van der Waals surface area contributed by atoms with Crippen LogP contribution in [0.1, 0.15) is 40.0 Å². The summed E-state index contributed by atoms with van der Waals surface area (Å²) in [6, 6.07) is 0.188. The summed E-state index contributed by atoms with van der Waals surface area (Å²) >= 11 is 0. The first-order valence-corrected chi connectivity index (χ1v) is 6.63. The van der Waals surface area contributed by atoms with E-state index in [0.717, 1.165) is 25.9 Å². The number of hydrogen-bond donors (Lipinski definition) is 2. The molecule has 1 fully saturated rings. The van der Waals surface area contributed by atoms with Gasteiger partial charge in [0.05, 0.1) is 0 Å². The lowest BCUT2D eigenvalue weighted by Gasteiger charge is -2.36. The average Bonchev–Trinajstić information content (AvgIpc) is 2.28. The maximum atomic E-state index is 12.1. The van der Waals surface area contributed by atoms with Crippen molar-refractivity contribution in [1.82, 2.24) is 10.2 Å². The van der Waals surface area contributed by atoms with Gasteiger partial charge in [-0.3, -0.25) is 9.59 Å². The number of amides is 2. The molecule has 0 aromatic carbocycles. The van der Waals surface area contributed by atoms with Gasteiger partial charge in [0.15, 0.2) is 0 Å². The topological polar surface area (TPSA) is 75.4 Å². The molecule has 1 heterocycles. The summed E-state index contributed by atoms with van der Waals surface area (Å²) in [5.74, 6) is 0.201. The Morgan fingerprint density at radius 1 is 1.28 bits per heavy atom. The Morgan fingerprint density at radius 2 is 1.83 bits per heavy atom. The number of carbonyl (C=O) groups is 2. The largest absolute Gasteiger partial charge is 0.353 e. The molecule has 0 aliphatic carbocycles. The third kappa shape index (κ3) is 4.29. The van der Waals surface area contributed by atoms with Crippen LogP contribution in [0.4, 0.5) is 0 Å². The van der Waals surface area contributed by atoms with Gasteiger partial charge in [0.2, 0.25) is 11.8 Å². The second kappa shape index (κ2) is 6.18. The highest BCUT2D eigenvalue weighted by Crippen LogP contribution is 2.20. The van der Waals surface area contributed by atoms with Crippen LogP contribution in [0.3, 0.4) is 0 Å². The second-order valence-electron chi connectivity index (χ2n) is 5.92. The number of likely N-dealkylation sites (tertiary alicyclic amines) is 1. The van der Waals surface area contributed by atoms with Crippen molar-refractivity contribution in [2.75, 3.05) is 19.6 Å². The van der Waals surface area contributed by atoms with Crippen molar-refractivity contribution in [2.24, 2.45) is 11.1 Å². The van der Waals surface area contributed by atoms with Crippen LogP contribution in [0.25, 0.3) is 0 Å². The fraction of sp³-hybridized carbons (Fsp3) is 0.846. The van der Waals surface area contributed by atoms with E-state index in [1.54, 1.807) is 0 Å². The maximum absolute atomic E-state index is 12.1. The lowest BCUT2D eigenvalue weighted by atomic mass is 9.93. The Balaban J connectivity index is 2.37. The van der Waals surface area contributed by atoms with E-state index in [4.69, 9.17) is 5.73 Å². The summed E-state index contributed by atoms with van der Waals surface area (Å²) < 4.78 is 0. The smallest absolute Gasteiger partial charge is 0.227 e. The Kier molecular flexibility index (Phi) is 5.14. The fourth-order valence-electron chi connectivity index (χ4n) is 2.13. The highest BCUT2D eigenvalue weighted by atomic mass is 16.2. The highest BCUT2D eigenvalue weighted by molar-refractivity contribution is 5.81. The number of nitrogens with one attached hydrogen (secondary N) is 1. The predicted octanol–water partition coefficient (Wildman–Crippen LogP) is 0.489. The van der Waals surface area contributed by atoms with Gasteiger partial charge < -0.3 is 16.0 Å². The van der Waals surface area contributed by atoms with Gasteiger partial charge >= 0.3 is 0 Å². The van der Waals surface area contributed by atoms with Crippen molar-refractivity contribution in [3.05, 3.63) is 0 Å². The summed E-state index contributed by atoms with van der Waals surface area (Å²) in [5.41, 5.74) is 5.01. The van der Waals surface area contributed by atoms with Crippen LogP contribution >= 0.6 is 0 Å². The molecule has 0 aromatic heterocycles. The molecule has 1 saturated heterocycles. The average molecular weight is 255 g/mol. The third-order valence-electron chi connectivity index (χ3n) is 3.16. The minimum absolute atomic E-state index is 0.0121. The molecule has 0 aromatic rings. The van der Waals surface area contributed by atoms with Gasteiger partial charge in [0.1, 0.15) is 0 Å². The van der Waals surface area contributed by atoms with Crippen LogP contribution in [0, 0.1) is 5.41 Å². The molecule has 2 amide bonds. The molecule has 1 aliphatic heterocycles. The molecule has 0 atom stereocenters. The Labute approximate surface area is 109 Å². The first-order chi connectivity index (χ1) is 8.34. The van der Waals surface area contributed by atoms with E-state index in [-0.39, 0.29) is 23.3 Å². The van der Waals surface area contributed by atoms with Crippen molar-refractivity contribution in [1.29, 1.82) is 0 Å². The van der Waals surface area contributed by atoms with Crippen LogP contribution < -0.4 is 11.1 Å². The lowest BCUT2D eigenvalue weighted by Crippen LogP contribution is -2.49. The van der Waals surface area contributed by atoms with Crippen molar-refractivity contribution >= 4 is 11.8 Å². The van der Waals surface area contributed by atoms with Crippen molar-refractivity contribution < 1.29 is 9.59 Å². The number of rotatable bonds is 3. The van der Waals surface area contributed by atoms with Crippen molar-refractivity contribution in [2.45, 2.75) is 46.1 Å². The van der Waals surface area contributed by atoms with Gasteiger partial charge in [0.25, 0.3) is 0 Å². The first kappa shape index (κ1) is 15.0. The number of nitrogens with zero attached hydrogens (tertiary/aromatic N) is 1. The Hall–Kier alpha value is -1.10. The van der Waals surface area contributed by atoms with E-state index in [2.05, 4.69) is 5.32 Å². The quantitative estimate of drug-likeness (QED) is 0.770. The molecule has 3 N–H and O–H groups in total. The summed E-state index contributed by atoms with van der Waals surface area (Å²) in [7, 11) is 0. The molecule has 0 unspecified atom stereocenters. The minimum Gasteiger partial charge on any atom is -0.353 e. The molecular formula is C13H25N3O2. The molecule has 1 rings (SSSR count). The van der Waals surface area contributed by atoms with Gasteiger partial charge in [-0.1, -0.05) is 20.8 Å². The molecule has 0 spiro atoms. The predicted molar refractivity (Wildman–Crippen MR) is 70.9 cm³/mol. The van der Waals surface area contributed by atoms with Crippen molar-refractivity contribution in [3.63, 3.8) is 0 Å². The van der Waals surface area contributed by atoms with Gasteiger partial charge in [-0.05, 0) is 12.8 Å². The standard InChI is InChI=1S/C13H25N3O2/c1-13(2,3)12(18)16-8-5-10(6-9-16)15-11(17)4-7-14/h10H,4-9,14H2,1-3H3,(H,15,17). The first-order valence-electron chi connectivity index (χ1n) is 6.63. The summed E-state index contributed by atoms with van der Waals surface area (Å²) in [4.78, 5) is 25.4. The van der Waals surface area contributed by atoms with Gasteiger partial charge in [-0.15, -0.1) is 0 Å². The van der Waals surface area contributed by atoms with Gasteiger partial charge in [-0.25, -0.2) is 0 Å². The number of hydrogen-bond acceptors (Lipinski definition) is 3. The molecular weight excluding hydrogens is 230 g/mol. The maximum Gasteiger partial charge on any atom is 0.227 e. The van der Waals surface area contributed by atoms with Gasteiger partial charge in [0, 0.05) is 37.5 Å². The van der Waals surface area contributed by atoms with Crippen LogP contribution in [0.2, 0.25) is 0 Å². The molecule has 18 heavy (non-hydrogen) atoms. The molecule has 5 nitrogen and oxygen atoms in total. The SMILES string of the molecule is CC(C)(C)C(=O)N1CCC(NC(=O)CCN)CC1. The van der Waals surface area contributed by atoms with Gasteiger partial charge in [-0.2, -0.15) is 0 Å². The third-order valence-corrected chi connectivity index (χ3v) is 3.16. The molecule has 0 bridgehead atoms. The van der Waals surface area contributed by atoms with E-state index >= 15 is 0 Å². The lowest BCUT2D eigenvalue weighted by molar-refractivity contribution is -0.140. The normalized spacial score (nSPS) is 17.7. The summed E-state index contributed by atoms with van der Waals surface area (Å²) in [6.07, 6.45) is 2.04. The second-order valence-corrected chi connectivity index (χ2v) is 5.92. The number of nitrogens with two attached hydrogens (primary N) is 1. The molecule has 0 saturated carbocycles. The van der Waals surface area contributed by atoms with Crippen LogP contribution in [0.15, 0.2) is 0 Å². The molecule has 0 radical (unpaired) electrons. The number of piperidine rings is 1. The zero-order valence-electron chi connectivity index (χ0n) is 11.7. The molecule has 104 valence electrons. The van der Waals surface area contributed by atoms with E-state index in [9.17, 15) is 9.59 Å². The summed E-state index contributed by atoms with van der Waals surface area (Å²) in [6.45, 7) is 7.64. The molecule has 1 aliphatic rings. The van der Waals surface area contributed by atoms with E-state index in [1.165, 1.54) is 0 Å². The highest BCUT2D eigenvalue weighted by Gasteiger charge is 2.30. The Bertz CT molecular complexity index is 302. The zero-order chi connectivity index (χ0) is 13.8. The molecule has 5 heteroatoms. The fourth-order valence-corrected chi connectivity index (χ4v) is 2.13.